The van der Waals surface area contributed by atoms with Gasteiger partial charge in [0.2, 0.25) is 5.91 Å². The molecule has 1 aromatic heterocycles. The molecule has 130 valence electrons. The van der Waals surface area contributed by atoms with E-state index in [-0.39, 0.29) is 11.9 Å². The Morgan fingerprint density at radius 1 is 1.25 bits per heavy atom. The number of benzene rings is 1. The molecular weight excluding hydrogens is 298 g/mol. The smallest absolute Gasteiger partial charge is 0.239 e. The second kappa shape index (κ2) is 6.60. The maximum atomic E-state index is 12.7. The highest BCUT2D eigenvalue weighted by molar-refractivity contribution is 5.87. The number of nitrogens with zero attached hydrogens (tertiary/aromatic N) is 2. The van der Waals surface area contributed by atoms with Crippen LogP contribution in [0.15, 0.2) is 18.2 Å². The van der Waals surface area contributed by atoms with E-state index in [4.69, 9.17) is 0 Å². The summed E-state index contributed by atoms with van der Waals surface area (Å²) in [6.07, 6.45) is 0. The molecule has 0 bridgehead atoms. The molecular formula is C20H29N3O. The molecule has 1 N–H and O–H groups in total. The van der Waals surface area contributed by atoms with Crippen LogP contribution >= 0.6 is 0 Å². The van der Waals surface area contributed by atoms with Gasteiger partial charge in [0.15, 0.2) is 0 Å². The van der Waals surface area contributed by atoms with Gasteiger partial charge in [0.05, 0.1) is 11.6 Å². The topological polar surface area (TPSA) is 39.3 Å². The van der Waals surface area contributed by atoms with E-state index in [1.165, 1.54) is 27.7 Å². The monoisotopic (exact) mass is 327 g/mol. The lowest BCUT2D eigenvalue weighted by atomic mass is 10.1. The number of hydrogen-bond donors (Lipinski definition) is 1. The van der Waals surface area contributed by atoms with Gasteiger partial charge in [-0.1, -0.05) is 32.0 Å². The Balaban J connectivity index is 1.80. The number of hydrogen-bond acceptors (Lipinski definition) is 2. The Morgan fingerprint density at radius 2 is 2.00 bits per heavy atom. The minimum atomic E-state index is -0.0510. The quantitative estimate of drug-likeness (QED) is 0.934. The minimum Gasteiger partial charge on any atom is -0.358 e. The standard InChI is InChI=1S/C20H29N3O/c1-13(2)11-23-10-9-22(16(5)20(23)24)12-17-7-6-8-18-14(3)15(4)21-19(17)18/h6-8,13,16,21H,9-12H2,1-5H3/t16-/m0/s1. The largest absolute Gasteiger partial charge is 0.358 e. The third-order valence-corrected chi connectivity index (χ3v) is 5.26. The van der Waals surface area contributed by atoms with Crippen LogP contribution in [0.25, 0.3) is 10.9 Å². The molecule has 0 unspecified atom stereocenters. The van der Waals surface area contributed by atoms with Gasteiger partial charge in [-0.05, 0) is 37.8 Å². The maximum Gasteiger partial charge on any atom is 0.239 e. The highest BCUT2D eigenvalue weighted by atomic mass is 16.2. The number of fused-ring (bicyclic) bond motifs is 1. The molecule has 0 spiro atoms. The van der Waals surface area contributed by atoms with Crippen LogP contribution in [-0.4, -0.2) is 46.4 Å². The molecule has 2 heterocycles. The predicted molar refractivity (Wildman–Crippen MR) is 99.1 cm³/mol. The van der Waals surface area contributed by atoms with E-state index < -0.39 is 0 Å². The molecule has 0 aliphatic carbocycles. The highest BCUT2D eigenvalue weighted by Crippen LogP contribution is 2.26. The first kappa shape index (κ1) is 17.0. The van der Waals surface area contributed by atoms with Crippen LogP contribution in [0, 0.1) is 19.8 Å². The molecule has 1 aliphatic rings. The van der Waals surface area contributed by atoms with Crippen molar-refractivity contribution in [2.75, 3.05) is 19.6 Å². The van der Waals surface area contributed by atoms with Crippen LogP contribution in [0.4, 0.5) is 0 Å². The molecule has 1 aromatic carbocycles. The second-order valence-corrected chi connectivity index (χ2v) is 7.54. The van der Waals surface area contributed by atoms with Crippen LogP contribution in [0.1, 0.15) is 37.6 Å². The van der Waals surface area contributed by atoms with Gasteiger partial charge in [-0.2, -0.15) is 0 Å². The van der Waals surface area contributed by atoms with Crippen molar-refractivity contribution in [1.82, 2.24) is 14.8 Å². The number of para-hydroxylation sites is 1. The van der Waals surface area contributed by atoms with Crippen molar-refractivity contribution in [3.05, 3.63) is 35.0 Å². The number of carbonyl (C=O) groups is 1. The van der Waals surface area contributed by atoms with Gasteiger partial charge in [0.25, 0.3) is 0 Å². The molecule has 1 aliphatic heterocycles. The fraction of sp³-hybridized carbons (Fsp3) is 0.550. The first-order valence-electron chi connectivity index (χ1n) is 8.98. The maximum absolute atomic E-state index is 12.7. The summed E-state index contributed by atoms with van der Waals surface area (Å²) in [7, 11) is 0. The number of aromatic amines is 1. The van der Waals surface area contributed by atoms with Crippen molar-refractivity contribution in [3.63, 3.8) is 0 Å². The van der Waals surface area contributed by atoms with E-state index in [0.717, 1.165) is 26.2 Å². The van der Waals surface area contributed by atoms with E-state index in [1.54, 1.807) is 0 Å². The lowest BCUT2D eigenvalue weighted by molar-refractivity contribution is -0.141. The summed E-state index contributed by atoms with van der Waals surface area (Å²) >= 11 is 0. The predicted octanol–water partition coefficient (Wildman–Crippen LogP) is 3.47. The van der Waals surface area contributed by atoms with Gasteiger partial charge in [0.1, 0.15) is 0 Å². The summed E-state index contributed by atoms with van der Waals surface area (Å²) in [5.74, 6) is 0.785. The van der Waals surface area contributed by atoms with Crippen molar-refractivity contribution in [1.29, 1.82) is 0 Å². The third-order valence-electron chi connectivity index (χ3n) is 5.26. The zero-order valence-corrected chi connectivity index (χ0v) is 15.5. The summed E-state index contributed by atoms with van der Waals surface area (Å²) in [5.41, 5.74) is 5.04. The molecule has 1 amide bonds. The summed E-state index contributed by atoms with van der Waals surface area (Å²) in [4.78, 5) is 20.5. The van der Waals surface area contributed by atoms with Gasteiger partial charge in [-0.15, -0.1) is 0 Å². The average molecular weight is 327 g/mol. The minimum absolute atomic E-state index is 0.0510. The molecule has 1 fully saturated rings. The van der Waals surface area contributed by atoms with Crippen LogP contribution in [-0.2, 0) is 11.3 Å². The van der Waals surface area contributed by atoms with Crippen molar-refractivity contribution in [2.24, 2.45) is 5.92 Å². The fourth-order valence-corrected chi connectivity index (χ4v) is 3.71. The van der Waals surface area contributed by atoms with Gasteiger partial charge in [-0.3, -0.25) is 9.69 Å². The summed E-state index contributed by atoms with van der Waals surface area (Å²) < 4.78 is 0. The van der Waals surface area contributed by atoms with Gasteiger partial charge >= 0.3 is 0 Å². The van der Waals surface area contributed by atoms with Gasteiger partial charge in [-0.25, -0.2) is 0 Å². The van der Waals surface area contributed by atoms with Crippen LogP contribution in [0.3, 0.4) is 0 Å². The average Bonchev–Trinajstić information content (AvgIpc) is 2.83. The molecule has 1 saturated heterocycles. The Labute approximate surface area is 144 Å². The van der Waals surface area contributed by atoms with Crippen molar-refractivity contribution in [2.45, 2.75) is 47.2 Å². The number of carbonyl (C=O) groups excluding carboxylic acids is 1. The molecule has 1 atom stereocenters. The normalized spacial score (nSPS) is 19.7. The lowest BCUT2D eigenvalue weighted by Gasteiger charge is -2.39. The number of aromatic nitrogens is 1. The molecule has 2 aromatic rings. The number of piperazine rings is 1. The van der Waals surface area contributed by atoms with E-state index in [0.29, 0.717) is 5.92 Å². The van der Waals surface area contributed by atoms with Crippen LogP contribution in [0.5, 0.6) is 0 Å². The summed E-state index contributed by atoms with van der Waals surface area (Å²) in [5, 5.41) is 1.29. The molecule has 4 heteroatoms. The fourth-order valence-electron chi connectivity index (χ4n) is 3.71. The Morgan fingerprint density at radius 3 is 2.71 bits per heavy atom. The van der Waals surface area contributed by atoms with E-state index >= 15 is 0 Å². The van der Waals surface area contributed by atoms with Crippen molar-refractivity contribution in [3.8, 4) is 0 Å². The third kappa shape index (κ3) is 3.07. The van der Waals surface area contributed by atoms with E-state index in [1.807, 2.05) is 11.8 Å². The number of H-pyrrole nitrogens is 1. The zero-order valence-electron chi connectivity index (χ0n) is 15.5. The van der Waals surface area contributed by atoms with Crippen LogP contribution in [0.2, 0.25) is 0 Å². The number of amides is 1. The Kier molecular flexibility index (Phi) is 4.68. The first-order valence-corrected chi connectivity index (χ1v) is 8.98. The number of aryl methyl sites for hydroxylation is 2. The van der Waals surface area contributed by atoms with Gasteiger partial charge in [0, 0.05) is 37.3 Å². The van der Waals surface area contributed by atoms with E-state index in [9.17, 15) is 4.79 Å². The summed E-state index contributed by atoms with van der Waals surface area (Å²) in [6, 6.07) is 6.42. The highest BCUT2D eigenvalue weighted by Gasteiger charge is 2.31. The molecule has 24 heavy (non-hydrogen) atoms. The number of rotatable bonds is 4. The van der Waals surface area contributed by atoms with Crippen LogP contribution < -0.4 is 0 Å². The summed E-state index contributed by atoms with van der Waals surface area (Å²) in [6.45, 7) is 14.1. The molecule has 4 nitrogen and oxygen atoms in total. The number of nitrogens with one attached hydrogen (secondary N) is 1. The molecule has 0 radical (unpaired) electrons. The van der Waals surface area contributed by atoms with Crippen molar-refractivity contribution < 1.29 is 4.79 Å². The lowest BCUT2D eigenvalue weighted by Crippen LogP contribution is -2.56. The van der Waals surface area contributed by atoms with Crippen molar-refractivity contribution >= 4 is 16.8 Å². The Hall–Kier alpha value is -1.81. The Bertz CT molecular complexity index is 747. The second-order valence-electron chi connectivity index (χ2n) is 7.54. The van der Waals surface area contributed by atoms with Gasteiger partial charge < -0.3 is 9.88 Å². The first-order chi connectivity index (χ1) is 11.4. The van der Waals surface area contributed by atoms with E-state index in [2.05, 4.69) is 55.8 Å². The zero-order chi connectivity index (χ0) is 17.4. The molecule has 3 rings (SSSR count). The SMILES string of the molecule is Cc1[nH]c2c(CN3CCN(CC(C)C)C(=O)[C@@H]3C)cccc2c1C. The molecule has 0 saturated carbocycles.